The molecule has 9 heteroatoms. The molecule has 1 unspecified atom stereocenters. The molecule has 0 saturated heterocycles. The Hall–Kier alpha value is -2.52. The molecule has 47 heavy (non-hydrogen) atoms. The summed E-state index contributed by atoms with van der Waals surface area (Å²) in [6.45, 7) is 7.09. The van der Waals surface area contributed by atoms with E-state index in [1.807, 2.05) is 32.2 Å². The van der Waals surface area contributed by atoms with Crippen LogP contribution in [0.15, 0.2) is 48.6 Å². The van der Waals surface area contributed by atoms with Crippen molar-refractivity contribution in [3.05, 3.63) is 70.3 Å². The number of nitrogens with one attached hydrogen (secondary N) is 1. The average Bonchev–Trinajstić information content (AvgIpc) is 3.17. The third-order valence-corrected chi connectivity index (χ3v) is 14.1. The molecule has 2 heterocycles. The van der Waals surface area contributed by atoms with Gasteiger partial charge in [-0.1, -0.05) is 36.7 Å². The minimum absolute atomic E-state index is 0.0467. The Morgan fingerprint density at radius 3 is 2.72 bits per heavy atom. The van der Waals surface area contributed by atoms with Crippen molar-refractivity contribution in [2.75, 3.05) is 52.3 Å². The molecule has 1 N–H and O–H groups in total. The lowest BCUT2D eigenvalue weighted by molar-refractivity contribution is -0.0823. The van der Waals surface area contributed by atoms with E-state index in [0.29, 0.717) is 24.0 Å². The van der Waals surface area contributed by atoms with E-state index in [-0.39, 0.29) is 22.5 Å². The van der Waals surface area contributed by atoms with Gasteiger partial charge in [0.2, 0.25) is 0 Å². The van der Waals surface area contributed by atoms with Crippen molar-refractivity contribution in [3.63, 3.8) is 0 Å². The molecule has 0 aromatic heterocycles. The minimum Gasteiger partial charge on any atom is -0.490 e. The number of hydrogen-bond acceptors (Lipinski definition) is 6. The van der Waals surface area contributed by atoms with Crippen LogP contribution in [0.1, 0.15) is 73.9 Å². The van der Waals surface area contributed by atoms with Crippen LogP contribution in [0.3, 0.4) is 0 Å². The number of fused-ring (bicyclic) bond motifs is 4. The number of benzene rings is 2. The molecule has 6 rings (SSSR count). The van der Waals surface area contributed by atoms with E-state index in [9.17, 15) is 9.00 Å². The van der Waals surface area contributed by atoms with Crippen LogP contribution in [0, 0.1) is 17.8 Å². The van der Waals surface area contributed by atoms with Crippen molar-refractivity contribution in [2.24, 2.45) is 17.8 Å². The minimum atomic E-state index is -2.93. The summed E-state index contributed by atoms with van der Waals surface area (Å²) < 4.78 is 29.9. The molecule has 1 saturated carbocycles. The van der Waals surface area contributed by atoms with Crippen molar-refractivity contribution in [1.29, 1.82) is 0 Å². The van der Waals surface area contributed by atoms with Crippen LogP contribution in [0.25, 0.3) is 0 Å². The summed E-state index contributed by atoms with van der Waals surface area (Å²) in [6.07, 6.45) is 11.4. The van der Waals surface area contributed by atoms with Gasteiger partial charge in [-0.05, 0) is 131 Å². The molecule has 0 radical (unpaired) electrons. The number of amides is 1. The van der Waals surface area contributed by atoms with E-state index >= 15 is 0 Å². The molecule has 7 atom stereocenters. The van der Waals surface area contributed by atoms with Gasteiger partial charge in [0.1, 0.15) is 5.75 Å². The molecular weight excluding hydrogens is 630 g/mol. The summed E-state index contributed by atoms with van der Waals surface area (Å²) >= 11 is 6.48. The maximum Gasteiger partial charge on any atom is 0.262 e. The van der Waals surface area contributed by atoms with Crippen LogP contribution in [-0.4, -0.2) is 79.2 Å². The van der Waals surface area contributed by atoms with E-state index in [0.717, 1.165) is 81.0 Å². The monoisotopic (exact) mass is 681 g/mol. The molecule has 1 amide bonds. The van der Waals surface area contributed by atoms with E-state index in [2.05, 4.69) is 65.7 Å². The number of methoxy groups -OCH3 is 1. The molecule has 2 aliphatic heterocycles. The summed E-state index contributed by atoms with van der Waals surface area (Å²) in [6, 6.07) is 12.0. The van der Waals surface area contributed by atoms with Crippen LogP contribution in [0.4, 0.5) is 5.69 Å². The lowest BCUT2D eigenvalue weighted by atomic mass is 9.63. The number of hydrogen-bond donors (Lipinski definition) is 1. The van der Waals surface area contributed by atoms with E-state index in [1.165, 1.54) is 11.1 Å². The second-order valence-corrected chi connectivity index (χ2v) is 17.8. The maximum absolute atomic E-state index is 13.9. The van der Waals surface area contributed by atoms with Crippen LogP contribution >= 0.6 is 11.6 Å². The first-order valence-corrected chi connectivity index (χ1v) is 19.4. The Morgan fingerprint density at radius 2 is 2.00 bits per heavy atom. The van der Waals surface area contributed by atoms with Gasteiger partial charge in [0, 0.05) is 48.0 Å². The summed E-state index contributed by atoms with van der Waals surface area (Å²) in [5.74, 6) is 5.24. The fraction of sp³-hybridized carbons (Fsp3) is 0.579. The zero-order chi connectivity index (χ0) is 33.6. The van der Waals surface area contributed by atoms with E-state index in [1.54, 1.807) is 6.07 Å². The Labute approximate surface area is 287 Å². The molecule has 1 fully saturated rings. The van der Waals surface area contributed by atoms with Crippen LogP contribution in [0.2, 0.25) is 5.02 Å². The third kappa shape index (κ3) is 6.72. The molecule has 256 valence electrons. The summed E-state index contributed by atoms with van der Waals surface area (Å²) in [4.78, 5) is 18.4. The predicted octanol–water partition coefficient (Wildman–Crippen LogP) is 6.52. The van der Waals surface area contributed by atoms with Gasteiger partial charge in [0.05, 0.1) is 27.6 Å². The van der Waals surface area contributed by atoms with Gasteiger partial charge in [0.25, 0.3) is 5.91 Å². The number of anilines is 1. The zero-order valence-electron chi connectivity index (χ0n) is 28.7. The average molecular weight is 682 g/mol. The SMILES string of the molecule is C=S1(=O)NC(=O)c2ccc3c(c2)N(C[C@@H]2CC[C@H]2[C@](CCN(C)C)(OC)/C=C/C[C@H](C)[C@H]1C)C[C@@]1(CCCc2cc(Cl)ccc21)CO3. The van der Waals surface area contributed by atoms with Crippen molar-refractivity contribution in [1.82, 2.24) is 9.62 Å². The maximum atomic E-state index is 13.9. The molecule has 2 bridgehead atoms. The van der Waals surface area contributed by atoms with E-state index < -0.39 is 15.3 Å². The highest BCUT2D eigenvalue weighted by Crippen LogP contribution is 2.50. The molecule has 4 aliphatic rings. The quantitative estimate of drug-likeness (QED) is 0.293. The van der Waals surface area contributed by atoms with Gasteiger partial charge in [-0.25, -0.2) is 4.21 Å². The number of ether oxygens (including phenoxy) is 2. The van der Waals surface area contributed by atoms with Gasteiger partial charge in [-0.15, -0.1) is 0 Å². The molecule has 1 spiro atoms. The number of carbonyl (C=O) groups excluding carboxylic acids is 1. The Morgan fingerprint density at radius 1 is 1.19 bits per heavy atom. The van der Waals surface area contributed by atoms with Crippen molar-refractivity contribution >= 4 is 38.8 Å². The molecule has 2 aromatic rings. The van der Waals surface area contributed by atoms with Gasteiger partial charge in [0.15, 0.2) is 0 Å². The smallest absolute Gasteiger partial charge is 0.262 e. The molecule has 2 aromatic carbocycles. The summed E-state index contributed by atoms with van der Waals surface area (Å²) in [5, 5.41) is 0.448. The van der Waals surface area contributed by atoms with Gasteiger partial charge >= 0.3 is 0 Å². The zero-order valence-corrected chi connectivity index (χ0v) is 30.3. The van der Waals surface area contributed by atoms with Crippen LogP contribution in [0.5, 0.6) is 5.75 Å². The fourth-order valence-corrected chi connectivity index (χ4v) is 10.1. The van der Waals surface area contributed by atoms with Crippen LogP contribution in [-0.2, 0) is 26.3 Å². The Balaban J connectivity index is 1.46. The van der Waals surface area contributed by atoms with Crippen molar-refractivity contribution in [2.45, 2.75) is 75.1 Å². The first-order valence-electron chi connectivity index (χ1n) is 17.2. The Bertz CT molecular complexity index is 1630. The third-order valence-electron chi connectivity index (χ3n) is 11.7. The van der Waals surface area contributed by atoms with Crippen LogP contribution < -0.4 is 14.4 Å². The van der Waals surface area contributed by atoms with Gasteiger partial charge < -0.3 is 19.3 Å². The normalized spacial score (nSPS) is 34.8. The number of carbonyl (C=O) groups is 1. The first-order chi connectivity index (χ1) is 22.4. The largest absolute Gasteiger partial charge is 0.490 e. The van der Waals surface area contributed by atoms with Gasteiger partial charge in [-0.2, -0.15) is 0 Å². The highest BCUT2D eigenvalue weighted by molar-refractivity contribution is 7.99. The lowest BCUT2D eigenvalue weighted by Crippen LogP contribution is -2.53. The highest BCUT2D eigenvalue weighted by atomic mass is 35.5. The highest BCUT2D eigenvalue weighted by Gasteiger charge is 2.49. The fourth-order valence-electron chi connectivity index (χ4n) is 8.44. The topological polar surface area (TPSA) is 71.1 Å². The number of aryl methyl sites for hydroxylation is 1. The number of allylic oxidation sites excluding steroid dienone is 1. The molecular formula is C38H52ClN3O4S. The predicted molar refractivity (Wildman–Crippen MR) is 194 cm³/mol. The number of halogens is 1. The standard InChI is InChI=1S/C38H52ClN3O4S/c1-26-9-7-18-38(45-5,19-20-41(3)4)33-14-11-30(33)23-42-24-37(17-8-10-28-21-31(39)13-15-32(28)37)25-46-35-16-12-29(22-34(35)42)36(43)40-47(6,44)27(26)2/h7,12-13,15-16,18,21-22,26-27,30,33H,6,8-11,14,17,19-20,23-25H2,1-5H3,(H,40,43,44)/b18-7+/t26-,27+,30-,33+,37-,38-,47?/m0/s1. The van der Waals surface area contributed by atoms with Crippen molar-refractivity contribution in [3.8, 4) is 5.75 Å². The van der Waals surface area contributed by atoms with Crippen molar-refractivity contribution < 1.29 is 18.5 Å². The second kappa shape index (κ2) is 13.4. The molecule has 2 aliphatic carbocycles. The first kappa shape index (κ1) is 34.3. The second-order valence-electron chi connectivity index (χ2n) is 14.9. The Kier molecular flexibility index (Phi) is 9.80. The lowest BCUT2D eigenvalue weighted by Gasteiger charge is -2.51. The van der Waals surface area contributed by atoms with E-state index in [4.69, 9.17) is 21.1 Å². The van der Waals surface area contributed by atoms with Gasteiger partial charge in [-0.3, -0.25) is 9.52 Å². The summed E-state index contributed by atoms with van der Waals surface area (Å²) in [5.41, 5.74) is 3.38. The molecule has 7 nitrogen and oxygen atoms in total. The number of rotatable bonds is 4. The summed E-state index contributed by atoms with van der Waals surface area (Å²) in [7, 11) is 3.16. The number of nitrogens with zero attached hydrogens (tertiary/aromatic N) is 2.